The van der Waals surface area contributed by atoms with Crippen molar-refractivity contribution in [1.82, 2.24) is 14.9 Å². The van der Waals surface area contributed by atoms with Gasteiger partial charge in [0.05, 0.1) is 32.9 Å². The summed E-state index contributed by atoms with van der Waals surface area (Å²) in [5.41, 5.74) is 0.980. The summed E-state index contributed by atoms with van der Waals surface area (Å²) in [5, 5.41) is 3.88. The summed E-state index contributed by atoms with van der Waals surface area (Å²) >= 11 is 3.55. The van der Waals surface area contributed by atoms with Crippen molar-refractivity contribution in [3.05, 3.63) is 131 Å². The van der Waals surface area contributed by atoms with Gasteiger partial charge < -0.3 is 14.8 Å². The molecule has 5 aromatic rings. The Balaban J connectivity index is 1.24. The molecular weight excluding hydrogens is 702 g/mol. The van der Waals surface area contributed by atoms with Gasteiger partial charge in [0, 0.05) is 35.7 Å². The monoisotopic (exact) mass is 734 g/mol. The van der Waals surface area contributed by atoms with Gasteiger partial charge in [-0.3, -0.25) is 4.90 Å². The number of fused-ring (bicyclic) bond motifs is 1. The molecule has 1 aromatic heterocycles. The Kier molecular flexibility index (Phi) is 9.77. The number of rotatable bonds is 12. The van der Waals surface area contributed by atoms with Gasteiger partial charge in [-0.2, -0.15) is 0 Å². The van der Waals surface area contributed by atoms with Gasteiger partial charge in [-0.1, -0.05) is 30.3 Å². The minimum absolute atomic E-state index is 0.104. The molecular formula is C36H33BrF2N4O4S. The number of hydrogen-bond donors (Lipinski definition) is 1. The Morgan fingerprint density at radius 1 is 1.04 bits per heavy atom. The smallest absolute Gasteiger partial charge is 0.179 e. The number of likely N-dealkylation sites (N-methyl/N-ethyl adjacent to an activating group) is 1. The topological polar surface area (TPSA) is 93.7 Å². The fourth-order valence-electron chi connectivity index (χ4n) is 5.79. The zero-order valence-electron chi connectivity index (χ0n) is 26.2. The van der Waals surface area contributed by atoms with E-state index in [-0.39, 0.29) is 29.6 Å². The molecule has 2 atom stereocenters. The van der Waals surface area contributed by atoms with Crippen molar-refractivity contribution >= 4 is 48.2 Å². The standard InChI is InChI=1S/C36H33BrF2N4O4S/c1-24(43(2)15-17-48(44,45)28-10-4-3-5-11-28)36(14-7-16-47-36)30-20-29-33(21-32(30)39)40-23-41-35(29)42-27-12-13-34(31(37)19-27)46-22-25-8-6-9-26(38)18-25/h3-13,16,18-21,23-24H,14-15,17,22H2,1-2H3,(H,40,41,42). The number of nitrogens with one attached hydrogen (secondary N) is 1. The second-order valence-electron chi connectivity index (χ2n) is 11.6. The van der Waals surface area contributed by atoms with Crippen molar-refractivity contribution in [1.29, 1.82) is 0 Å². The van der Waals surface area contributed by atoms with Gasteiger partial charge in [-0.15, -0.1) is 0 Å². The van der Waals surface area contributed by atoms with Crippen LogP contribution in [0.5, 0.6) is 5.75 Å². The van der Waals surface area contributed by atoms with Crippen LogP contribution in [0.25, 0.3) is 10.9 Å². The van der Waals surface area contributed by atoms with E-state index in [1.807, 2.05) is 37.1 Å². The first kappa shape index (κ1) is 33.5. The Morgan fingerprint density at radius 3 is 2.58 bits per heavy atom. The quantitative estimate of drug-likeness (QED) is 0.138. The summed E-state index contributed by atoms with van der Waals surface area (Å²) in [7, 11) is -1.70. The highest BCUT2D eigenvalue weighted by Crippen LogP contribution is 2.43. The fraction of sp³-hybridized carbons (Fsp3) is 0.222. The van der Waals surface area contributed by atoms with Crippen LogP contribution in [-0.2, 0) is 26.8 Å². The fourth-order valence-corrected chi connectivity index (χ4v) is 7.62. The van der Waals surface area contributed by atoms with Crippen LogP contribution in [0.2, 0.25) is 0 Å². The van der Waals surface area contributed by atoms with Crippen LogP contribution < -0.4 is 10.1 Å². The van der Waals surface area contributed by atoms with E-state index in [1.165, 1.54) is 24.5 Å². The molecule has 0 aliphatic carbocycles. The van der Waals surface area contributed by atoms with Gasteiger partial charge in [0.25, 0.3) is 0 Å². The molecule has 1 aliphatic heterocycles. The average Bonchev–Trinajstić information content (AvgIpc) is 3.58. The zero-order chi connectivity index (χ0) is 33.9. The highest BCUT2D eigenvalue weighted by molar-refractivity contribution is 9.10. The van der Waals surface area contributed by atoms with Crippen LogP contribution in [0.3, 0.4) is 0 Å². The number of sulfone groups is 1. The van der Waals surface area contributed by atoms with Gasteiger partial charge in [0.2, 0.25) is 0 Å². The van der Waals surface area contributed by atoms with E-state index < -0.39 is 27.3 Å². The molecule has 0 fully saturated rings. The summed E-state index contributed by atoms with van der Waals surface area (Å²) < 4.78 is 68.2. The third-order valence-electron chi connectivity index (χ3n) is 8.60. The van der Waals surface area contributed by atoms with E-state index in [9.17, 15) is 12.8 Å². The molecule has 248 valence electrons. The predicted octanol–water partition coefficient (Wildman–Crippen LogP) is 7.92. The molecule has 4 aromatic carbocycles. The summed E-state index contributed by atoms with van der Waals surface area (Å²) in [6.45, 7) is 2.32. The lowest BCUT2D eigenvalue weighted by molar-refractivity contribution is -0.0332. The first-order valence-electron chi connectivity index (χ1n) is 15.3. The summed E-state index contributed by atoms with van der Waals surface area (Å²) in [4.78, 5) is 10.9. The molecule has 0 amide bonds. The minimum Gasteiger partial charge on any atom is -0.488 e. The van der Waals surface area contributed by atoms with E-state index in [1.54, 1.807) is 60.9 Å². The predicted molar refractivity (Wildman–Crippen MR) is 185 cm³/mol. The lowest BCUT2D eigenvalue weighted by atomic mass is 9.83. The van der Waals surface area contributed by atoms with E-state index in [0.29, 0.717) is 50.2 Å². The molecule has 12 heteroatoms. The third-order valence-corrected chi connectivity index (χ3v) is 10.9. The van der Waals surface area contributed by atoms with Gasteiger partial charge in [-0.05, 0) is 90.1 Å². The van der Waals surface area contributed by atoms with Gasteiger partial charge in [0.1, 0.15) is 36.1 Å². The second-order valence-corrected chi connectivity index (χ2v) is 14.6. The van der Waals surface area contributed by atoms with E-state index in [4.69, 9.17) is 9.47 Å². The maximum atomic E-state index is 16.0. The van der Waals surface area contributed by atoms with Crippen LogP contribution in [0.15, 0.2) is 113 Å². The lowest BCUT2D eigenvalue weighted by Crippen LogP contribution is -2.49. The molecule has 1 aliphatic rings. The van der Waals surface area contributed by atoms with Crippen LogP contribution in [0.1, 0.15) is 24.5 Å². The number of nitrogens with zero attached hydrogens (tertiary/aromatic N) is 3. The van der Waals surface area contributed by atoms with Crippen LogP contribution in [-0.4, -0.2) is 48.7 Å². The molecule has 8 nitrogen and oxygen atoms in total. The summed E-state index contributed by atoms with van der Waals surface area (Å²) in [5.74, 6) is 0.109. The molecule has 2 unspecified atom stereocenters. The van der Waals surface area contributed by atoms with E-state index >= 15 is 4.39 Å². The first-order chi connectivity index (χ1) is 23.1. The number of aromatic nitrogens is 2. The van der Waals surface area contributed by atoms with Crippen molar-refractivity contribution in [3.8, 4) is 5.75 Å². The minimum atomic E-state index is -3.51. The number of halogens is 3. The van der Waals surface area contributed by atoms with Crippen molar-refractivity contribution in [2.75, 3.05) is 24.7 Å². The first-order valence-corrected chi connectivity index (χ1v) is 17.7. The molecule has 0 saturated carbocycles. The van der Waals surface area contributed by atoms with Crippen LogP contribution >= 0.6 is 15.9 Å². The highest BCUT2D eigenvalue weighted by Gasteiger charge is 2.45. The highest BCUT2D eigenvalue weighted by atomic mass is 79.9. The van der Waals surface area contributed by atoms with E-state index in [2.05, 4.69) is 31.2 Å². The summed E-state index contributed by atoms with van der Waals surface area (Å²) in [6, 6.07) is 22.6. The molecule has 0 radical (unpaired) electrons. The van der Waals surface area contributed by atoms with Gasteiger partial charge >= 0.3 is 0 Å². The Hall–Kier alpha value is -4.39. The molecule has 2 heterocycles. The third kappa shape index (κ3) is 7.06. The largest absolute Gasteiger partial charge is 0.488 e. The number of hydrogen-bond acceptors (Lipinski definition) is 8. The van der Waals surface area contributed by atoms with Crippen molar-refractivity contribution in [2.45, 2.75) is 36.5 Å². The summed E-state index contributed by atoms with van der Waals surface area (Å²) in [6.07, 6.45) is 5.14. The van der Waals surface area contributed by atoms with Crippen molar-refractivity contribution in [2.24, 2.45) is 0 Å². The maximum Gasteiger partial charge on any atom is 0.179 e. The van der Waals surface area contributed by atoms with Crippen molar-refractivity contribution < 1.29 is 26.7 Å². The van der Waals surface area contributed by atoms with Crippen LogP contribution in [0, 0.1) is 11.6 Å². The Morgan fingerprint density at radius 2 is 1.85 bits per heavy atom. The molecule has 0 saturated heterocycles. The molecule has 0 spiro atoms. The molecule has 6 rings (SSSR count). The zero-order valence-corrected chi connectivity index (χ0v) is 28.6. The van der Waals surface area contributed by atoms with E-state index in [0.717, 1.165) is 0 Å². The number of benzene rings is 4. The Labute approximate surface area is 286 Å². The SMILES string of the molecule is CC(N(C)CCS(=O)(=O)c1ccccc1)C1(c2cc3c(Nc4ccc(OCc5cccc(F)c5)c(Br)c4)ncnc3cc2F)CC=CO1. The second kappa shape index (κ2) is 14.0. The van der Waals surface area contributed by atoms with Crippen molar-refractivity contribution in [3.63, 3.8) is 0 Å². The van der Waals surface area contributed by atoms with Gasteiger partial charge in [0.15, 0.2) is 15.4 Å². The van der Waals surface area contributed by atoms with Crippen LogP contribution in [0.4, 0.5) is 20.3 Å². The maximum absolute atomic E-state index is 16.0. The molecule has 1 N–H and O–H groups in total. The normalized spacial score (nSPS) is 16.6. The Bertz CT molecular complexity index is 2070. The lowest BCUT2D eigenvalue weighted by Gasteiger charge is -2.40. The number of ether oxygens (including phenoxy) is 2. The van der Waals surface area contributed by atoms with Gasteiger partial charge in [-0.25, -0.2) is 27.2 Å². The average molecular weight is 736 g/mol. The molecule has 48 heavy (non-hydrogen) atoms. The molecule has 0 bridgehead atoms. The number of anilines is 2.